The minimum absolute atomic E-state index is 0.141. The molecule has 0 radical (unpaired) electrons. The molecule has 1 aliphatic carbocycles. The third-order valence-electron chi connectivity index (χ3n) is 3.86. The van der Waals surface area contributed by atoms with Crippen LogP contribution in [0.1, 0.15) is 35.8 Å². The minimum atomic E-state index is -0.497. The van der Waals surface area contributed by atoms with Crippen molar-refractivity contribution in [1.29, 1.82) is 0 Å². The summed E-state index contributed by atoms with van der Waals surface area (Å²) in [6, 6.07) is 6.16. The van der Waals surface area contributed by atoms with Gasteiger partial charge in [-0.1, -0.05) is 13.0 Å². The Morgan fingerprint density at radius 2 is 2.23 bits per heavy atom. The topological polar surface area (TPSA) is 51.2 Å². The summed E-state index contributed by atoms with van der Waals surface area (Å²) in [5.74, 6) is 0.635. The first kappa shape index (κ1) is 15.0. The third kappa shape index (κ3) is 3.30. The molecule has 116 valence electrons. The Morgan fingerprint density at radius 3 is 2.95 bits per heavy atom. The molecule has 1 aliphatic rings. The van der Waals surface area contributed by atoms with Gasteiger partial charge in [0.05, 0.1) is 0 Å². The van der Waals surface area contributed by atoms with E-state index in [1.165, 1.54) is 28.9 Å². The average Bonchev–Trinajstić information content (AvgIpc) is 3.12. The fourth-order valence-corrected chi connectivity index (χ4v) is 3.37. The predicted octanol–water partition coefficient (Wildman–Crippen LogP) is 3.74. The number of aryl methyl sites for hydroxylation is 3. The Balaban J connectivity index is 1.67. The molecule has 0 fully saturated rings. The van der Waals surface area contributed by atoms with Crippen LogP contribution in [0, 0.1) is 6.92 Å². The predicted molar refractivity (Wildman–Crippen MR) is 88.7 cm³/mol. The summed E-state index contributed by atoms with van der Waals surface area (Å²) in [5, 5.41) is 3.45. The van der Waals surface area contributed by atoms with Gasteiger partial charge in [-0.15, -0.1) is 11.3 Å². The zero-order valence-corrected chi connectivity index (χ0v) is 13.7. The monoisotopic (exact) mass is 316 g/mol. The number of carbonyl (C=O) groups is 1. The molecule has 0 aliphatic heterocycles. The highest BCUT2D eigenvalue weighted by atomic mass is 32.1. The minimum Gasteiger partial charge on any atom is -0.481 e. The van der Waals surface area contributed by atoms with Crippen molar-refractivity contribution in [3.63, 3.8) is 0 Å². The molecular formula is C17H20N2O2S. The number of hydrogen-bond acceptors (Lipinski definition) is 4. The van der Waals surface area contributed by atoms with Crippen LogP contribution in [0.15, 0.2) is 24.4 Å². The molecular weight excluding hydrogens is 296 g/mol. The summed E-state index contributed by atoms with van der Waals surface area (Å²) in [4.78, 5) is 17.6. The van der Waals surface area contributed by atoms with Gasteiger partial charge in [0.15, 0.2) is 11.2 Å². The Hall–Kier alpha value is -1.88. The molecule has 0 bridgehead atoms. The van der Waals surface area contributed by atoms with Crippen LogP contribution in [0.4, 0.5) is 5.13 Å². The van der Waals surface area contributed by atoms with E-state index in [0.29, 0.717) is 11.6 Å². The van der Waals surface area contributed by atoms with E-state index in [0.717, 1.165) is 23.5 Å². The van der Waals surface area contributed by atoms with Gasteiger partial charge in [-0.2, -0.15) is 0 Å². The second-order valence-electron chi connectivity index (χ2n) is 5.56. The van der Waals surface area contributed by atoms with Crippen molar-refractivity contribution >= 4 is 22.4 Å². The molecule has 1 aromatic carbocycles. The van der Waals surface area contributed by atoms with Crippen molar-refractivity contribution in [1.82, 2.24) is 4.98 Å². The standard InChI is InChI=1S/C17H20N2O2S/c1-3-15(16(20)19-17-18-10-11(2)22-17)21-14-8-7-12-5-4-6-13(12)9-14/h7-10,15H,3-6H2,1-2H3,(H,18,19,20). The Kier molecular flexibility index (Phi) is 4.43. The Morgan fingerprint density at radius 1 is 1.41 bits per heavy atom. The summed E-state index contributed by atoms with van der Waals surface area (Å²) < 4.78 is 5.89. The number of fused-ring (bicyclic) bond motifs is 1. The lowest BCUT2D eigenvalue weighted by Gasteiger charge is -2.17. The zero-order valence-electron chi connectivity index (χ0n) is 12.9. The van der Waals surface area contributed by atoms with Gasteiger partial charge in [-0.05, 0) is 55.9 Å². The van der Waals surface area contributed by atoms with Crippen molar-refractivity contribution in [2.75, 3.05) is 5.32 Å². The lowest BCUT2D eigenvalue weighted by atomic mass is 10.1. The quantitative estimate of drug-likeness (QED) is 0.914. The van der Waals surface area contributed by atoms with Gasteiger partial charge in [0.25, 0.3) is 5.91 Å². The number of amides is 1. The average molecular weight is 316 g/mol. The lowest BCUT2D eigenvalue weighted by Crippen LogP contribution is -2.32. The number of nitrogens with one attached hydrogen (secondary N) is 1. The number of rotatable bonds is 5. The second-order valence-corrected chi connectivity index (χ2v) is 6.80. The third-order valence-corrected chi connectivity index (χ3v) is 4.69. The van der Waals surface area contributed by atoms with Crippen LogP contribution in [-0.4, -0.2) is 17.0 Å². The molecule has 0 spiro atoms. The number of aromatic nitrogens is 1. The van der Waals surface area contributed by atoms with Crippen LogP contribution < -0.4 is 10.1 Å². The van der Waals surface area contributed by atoms with Gasteiger partial charge >= 0.3 is 0 Å². The number of thiazole rings is 1. The molecule has 3 rings (SSSR count). The highest BCUT2D eigenvalue weighted by Gasteiger charge is 2.20. The number of benzene rings is 1. The van der Waals surface area contributed by atoms with E-state index in [4.69, 9.17) is 4.74 Å². The van der Waals surface area contributed by atoms with Crippen LogP contribution >= 0.6 is 11.3 Å². The number of ether oxygens (including phenoxy) is 1. The number of anilines is 1. The van der Waals surface area contributed by atoms with Crippen molar-refractivity contribution in [3.8, 4) is 5.75 Å². The number of carbonyl (C=O) groups excluding carboxylic acids is 1. The van der Waals surface area contributed by atoms with Crippen molar-refractivity contribution in [2.45, 2.75) is 45.6 Å². The lowest BCUT2D eigenvalue weighted by molar-refractivity contribution is -0.122. The van der Waals surface area contributed by atoms with Crippen LogP contribution in [0.2, 0.25) is 0 Å². The van der Waals surface area contributed by atoms with Gasteiger partial charge in [0.2, 0.25) is 0 Å². The SMILES string of the molecule is CCC(Oc1ccc2c(c1)CCC2)C(=O)Nc1ncc(C)s1. The van der Waals surface area contributed by atoms with E-state index in [9.17, 15) is 4.79 Å². The van der Waals surface area contributed by atoms with Crippen molar-refractivity contribution < 1.29 is 9.53 Å². The largest absolute Gasteiger partial charge is 0.481 e. The highest BCUT2D eigenvalue weighted by molar-refractivity contribution is 7.15. The maximum absolute atomic E-state index is 12.3. The Labute approximate surface area is 134 Å². The van der Waals surface area contributed by atoms with Gasteiger partial charge in [-0.25, -0.2) is 4.98 Å². The van der Waals surface area contributed by atoms with E-state index in [1.807, 2.05) is 19.9 Å². The van der Waals surface area contributed by atoms with Gasteiger partial charge in [0.1, 0.15) is 5.75 Å². The molecule has 1 heterocycles. The highest BCUT2D eigenvalue weighted by Crippen LogP contribution is 2.27. The molecule has 0 saturated carbocycles. The van der Waals surface area contributed by atoms with Crippen molar-refractivity contribution in [3.05, 3.63) is 40.4 Å². The molecule has 1 amide bonds. The maximum atomic E-state index is 12.3. The fourth-order valence-electron chi connectivity index (χ4n) is 2.71. The van der Waals surface area contributed by atoms with Crippen LogP contribution in [0.3, 0.4) is 0 Å². The first-order chi connectivity index (χ1) is 10.7. The van der Waals surface area contributed by atoms with E-state index in [1.54, 1.807) is 6.20 Å². The molecule has 1 atom stereocenters. The van der Waals surface area contributed by atoms with E-state index >= 15 is 0 Å². The smallest absolute Gasteiger partial charge is 0.267 e. The summed E-state index contributed by atoms with van der Waals surface area (Å²) >= 11 is 1.47. The molecule has 1 aromatic heterocycles. The zero-order chi connectivity index (χ0) is 15.5. The fraction of sp³-hybridized carbons (Fsp3) is 0.412. The molecule has 2 aromatic rings. The molecule has 5 heteroatoms. The van der Waals surface area contributed by atoms with Gasteiger partial charge in [-0.3, -0.25) is 10.1 Å². The van der Waals surface area contributed by atoms with Crippen molar-refractivity contribution in [2.24, 2.45) is 0 Å². The maximum Gasteiger partial charge on any atom is 0.267 e. The molecule has 1 unspecified atom stereocenters. The first-order valence-corrected chi connectivity index (χ1v) is 8.49. The number of nitrogens with zero attached hydrogens (tertiary/aromatic N) is 1. The molecule has 0 saturated heterocycles. The molecule has 1 N–H and O–H groups in total. The number of hydrogen-bond donors (Lipinski definition) is 1. The first-order valence-electron chi connectivity index (χ1n) is 7.67. The van der Waals surface area contributed by atoms with E-state index < -0.39 is 6.10 Å². The second kappa shape index (κ2) is 6.48. The normalized spacial score (nSPS) is 14.5. The molecule has 4 nitrogen and oxygen atoms in total. The van der Waals surface area contributed by atoms with Gasteiger partial charge < -0.3 is 4.74 Å². The summed E-state index contributed by atoms with van der Waals surface area (Å²) in [6.07, 6.45) is 5.34. The van der Waals surface area contributed by atoms with E-state index in [-0.39, 0.29) is 5.91 Å². The van der Waals surface area contributed by atoms with Crippen LogP contribution in [-0.2, 0) is 17.6 Å². The van der Waals surface area contributed by atoms with Crippen LogP contribution in [0.5, 0.6) is 5.75 Å². The van der Waals surface area contributed by atoms with E-state index in [2.05, 4.69) is 22.4 Å². The molecule has 22 heavy (non-hydrogen) atoms. The summed E-state index contributed by atoms with van der Waals surface area (Å²) in [6.45, 7) is 3.91. The Bertz CT molecular complexity index is 681. The van der Waals surface area contributed by atoms with Crippen LogP contribution in [0.25, 0.3) is 0 Å². The van der Waals surface area contributed by atoms with Gasteiger partial charge in [0, 0.05) is 11.1 Å². The summed E-state index contributed by atoms with van der Waals surface area (Å²) in [7, 11) is 0. The summed E-state index contributed by atoms with van der Waals surface area (Å²) in [5.41, 5.74) is 2.76.